The van der Waals surface area contributed by atoms with Crippen molar-refractivity contribution in [1.82, 2.24) is 9.55 Å². The molecular weight excluding hydrogens is 245 g/mol. The maximum Gasteiger partial charge on any atom is 0.254 e. The smallest absolute Gasteiger partial charge is 0.254 e. The highest BCUT2D eigenvalue weighted by atomic mass is 19.1. The summed E-state index contributed by atoms with van der Waals surface area (Å²) in [6, 6.07) is 6.47. The molecule has 0 bridgehead atoms. The zero-order valence-corrected chi connectivity index (χ0v) is 11.0. The summed E-state index contributed by atoms with van der Waals surface area (Å²) in [6.45, 7) is 3.80. The van der Waals surface area contributed by atoms with Gasteiger partial charge in [-0.15, -0.1) is 0 Å². The molecule has 0 fully saturated rings. The fourth-order valence-corrected chi connectivity index (χ4v) is 2.04. The molecule has 0 saturated carbocycles. The minimum absolute atomic E-state index is 0.139. The van der Waals surface area contributed by atoms with Gasteiger partial charge in [-0.3, -0.25) is 9.36 Å². The van der Waals surface area contributed by atoms with Crippen molar-refractivity contribution >= 4 is 0 Å². The third-order valence-corrected chi connectivity index (χ3v) is 3.03. The van der Waals surface area contributed by atoms with E-state index in [1.807, 2.05) is 0 Å². The number of nitrogens with two attached hydrogens (primary N) is 1. The molecule has 2 rings (SSSR count). The highest BCUT2D eigenvalue weighted by Gasteiger charge is 2.10. The average molecular weight is 261 g/mol. The highest BCUT2D eigenvalue weighted by Crippen LogP contribution is 2.13. The van der Waals surface area contributed by atoms with E-state index < -0.39 is 0 Å². The van der Waals surface area contributed by atoms with E-state index in [1.54, 1.807) is 32.0 Å². The molecule has 0 aliphatic heterocycles. The van der Waals surface area contributed by atoms with Gasteiger partial charge in [-0.05, 0) is 13.8 Å². The van der Waals surface area contributed by atoms with E-state index in [2.05, 4.69) is 4.98 Å². The standard InChI is InChI=1S/C14H16FN3O/c1-9-6-13(19)18(10(2)17-9)8-12-5-3-4-11(7-16)14(12)15/h3-6H,7-8,16H2,1-2H3. The first-order valence-corrected chi connectivity index (χ1v) is 6.04. The molecule has 0 amide bonds. The van der Waals surface area contributed by atoms with E-state index in [1.165, 1.54) is 10.6 Å². The molecule has 1 aromatic carbocycles. The zero-order valence-electron chi connectivity index (χ0n) is 11.0. The van der Waals surface area contributed by atoms with Crippen LogP contribution in [-0.2, 0) is 13.1 Å². The van der Waals surface area contributed by atoms with Crippen LogP contribution >= 0.6 is 0 Å². The first kappa shape index (κ1) is 13.4. The van der Waals surface area contributed by atoms with Crippen molar-refractivity contribution in [3.63, 3.8) is 0 Å². The monoisotopic (exact) mass is 261 g/mol. The van der Waals surface area contributed by atoms with Gasteiger partial charge in [-0.1, -0.05) is 18.2 Å². The molecule has 100 valence electrons. The summed E-state index contributed by atoms with van der Waals surface area (Å²) in [7, 11) is 0. The summed E-state index contributed by atoms with van der Waals surface area (Å²) in [5.41, 5.74) is 6.85. The van der Waals surface area contributed by atoms with Gasteiger partial charge in [0.1, 0.15) is 11.6 Å². The Morgan fingerprint density at radius 3 is 2.63 bits per heavy atom. The van der Waals surface area contributed by atoms with Crippen molar-refractivity contribution in [1.29, 1.82) is 0 Å². The SMILES string of the molecule is Cc1cc(=O)n(Cc2cccc(CN)c2F)c(C)n1. The second kappa shape index (κ2) is 5.32. The Morgan fingerprint density at radius 1 is 1.32 bits per heavy atom. The number of halogens is 1. The molecule has 0 atom stereocenters. The van der Waals surface area contributed by atoms with Gasteiger partial charge in [0.05, 0.1) is 6.54 Å². The molecule has 0 aliphatic carbocycles. The van der Waals surface area contributed by atoms with Crippen LogP contribution in [0.5, 0.6) is 0 Å². The summed E-state index contributed by atoms with van der Waals surface area (Å²) in [5.74, 6) is 0.222. The minimum atomic E-state index is -0.350. The second-order valence-corrected chi connectivity index (χ2v) is 4.46. The maximum absolute atomic E-state index is 14.1. The van der Waals surface area contributed by atoms with Crippen LogP contribution in [0.4, 0.5) is 4.39 Å². The van der Waals surface area contributed by atoms with Crippen molar-refractivity contribution in [3.05, 3.63) is 63.1 Å². The molecule has 0 radical (unpaired) electrons. The number of rotatable bonds is 3. The third kappa shape index (κ3) is 2.71. The van der Waals surface area contributed by atoms with Crippen LogP contribution in [0.25, 0.3) is 0 Å². The summed E-state index contributed by atoms with van der Waals surface area (Å²) in [6.07, 6.45) is 0. The Balaban J connectivity index is 2.45. The molecule has 5 heteroatoms. The fraction of sp³-hybridized carbons (Fsp3) is 0.286. The lowest BCUT2D eigenvalue weighted by atomic mass is 10.1. The zero-order chi connectivity index (χ0) is 14.0. The predicted octanol–water partition coefficient (Wildman–Crippen LogP) is 1.51. The third-order valence-electron chi connectivity index (χ3n) is 3.03. The Bertz CT molecular complexity index is 664. The van der Waals surface area contributed by atoms with E-state index in [0.717, 1.165) is 0 Å². The van der Waals surface area contributed by atoms with E-state index in [-0.39, 0.29) is 24.5 Å². The van der Waals surface area contributed by atoms with Gasteiger partial charge in [0.25, 0.3) is 5.56 Å². The fourth-order valence-electron chi connectivity index (χ4n) is 2.04. The normalized spacial score (nSPS) is 10.7. The molecule has 1 aromatic heterocycles. The Labute approximate surface area is 110 Å². The second-order valence-electron chi connectivity index (χ2n) is 4.46. The molecule has 1 heterocycles. The van der Waals surface area contributed by atoms with Crippen molar-refractivity contribution < 1.29 is 4.39 Å². The van der Waals surface area contributed by atoms with Gasteiger partial charge in [0, 0.05) is 29.4 Å². The number of hydrogen-bond donors (Lipinski definition) is 1. The number of aromatic nitrogens is 2. The number of aryl methyl sites for hydroxylation is 2. The summed E-state index contributed by atoms with van der Waals surface area (Å²) >= 11 is 0. The Kier molecular flexibility index (Phi) is 3.76. The Morgan fingerprint density at radius 2 is 2.00 bits per heavy atom. The van der Waals surface area contributed by atoms with Crippen LogP contribution in [0.2, 0.25) is 0 Å². The molecular formula is C14H16FN3O. The molecule has 0 spiro atoms. The van der Waals surface area contributed by atoms with Crippen LogP contribution in [0.1, 0.15) is 22.6 Å². The van der Waals surface area contributed by atoms with Crippen LogP contribution in [0, 0.1) is 19.7 Å². The van der Waals surface area contributed by atoms with Crippen molar-refractivity contribution in [2.24, 2.45) is 5.73 Å². The molecule has 19 heavy (non-hydrogen) atoms. The largest absolute Gasteiger partial charge is 0.326 e. The van der Waals surface area contributed by atoms with Crippen LogP contribution in [0.3, 0.4) is 0 Å². The lowest BCUT2D eigenvalue weighted by Gasteiger charge is -2.11. The summed E-state index contributed by atoms with van der Waals surface area (Å²) < 4.78 is 15.5. The van der Waals surface area contributed by atoms with E-state index in [9.17, 15) is 9.18 Å². The predicted molar refractivity (Wildman–Crippen MR) is 71.4 cm³/mol. The molecule has 0 saturated heterocycles. The van der Waals surface area contributed by atoms with Gasteiger partial charge in [0.15, 0.2) is 0 Å². The first-order valence-electron chi connectivity index (χ1n) is 6.04. The van der Waals surface area contributed by atoms with Crippen LogP contribution in [0.15, 0.2) is 29.1 Å². The molecule has 2 aromatic rings. The van der Waals surface area contributed by atoms with Gasteiger partial charge in [-0.25, -0.2) is 9.37 Å². The summed E-state index contributed by atoms with van der Waals surface area (Å²) in [5, 5.41) is 0. The molecule has 0 aliphatic rings. The quantitative estimate of drug-likeness (QED) is 0.911. The summed E-state index contributed by atoms with van der Waals surface area (Å²) in [4.78, 5) is 16.1. The van der Waals surface area contributed by atoms with Gasteiger partial charge < -0.3 is 5.73 Å². The van der Waals surface area contributed by atoms with E-state index >= 15 is 0 Å². The lowest BCUT2D eigenvalue weighted by Crippen LogP contribution is -2.24. The minimum Gasteiger partial charge on any atom is -0.326 e. The number of nitrogens with zero attached hydrogens (tertiary/aromatic N) is 2. The lowest BCUT2D eigenvalue weighted by molar-refractivity contribution is 0.575. The maximum atomic E-state index is 14.1. The number of benzene rings is 1. The number of hydrogen-bond acceptors (Lipinski definition) is 3. The Hall–Kier alpha value is -2.01. The van der Waals surface area contributed by atoms with Gasteiger partial charge >= 0.3 is 0 Å². The van der Waals surface area contributed by atoms with Crippen molar-refractivity contribution in [2.45, 2.75) is 26.9 Å². The van der Waals surface area contributed by atoms with E-state index in [0.29, 0.717) is 22.6 Å². The van der Waals surface area contributed by atoms with Gasteiger partial charge in [-0.2, -0.15) is 0 Å². The molecule has 0 unspecified atom stereocenters. The van der Waals surface area contributed by atoms with Crippen LogP contribution < -0.4 is 11.3 Å². The first-order chi connectivity index (χ1) is 9.02. The van der Waals surface area contributed by atoms with Crippen molar-refractivity contribution in [2.75, 3.05) is 0 Å². The van der Waals surface area contributed by atoms with Crippen molar-refractivity contribution in [3.8, 4) is 0 Å². The van der Waals surface area contributed by atoms with Crippen LogP contribution in [-0.4, -0.2) is 9.55 Å². The molecule has 2 N–H and O–H groups in total. The van der Waals surface area contributed by atoms with E-state index in [4.69, 9.17) is 5.73 Å². The van der Waals surface area contributed by atoms with Gasteiger partial charge in [0.2, 0.25) is 0 Å². The highest BCUT2D eigenvalue weighted by molar-refractivity contribution is 5.26. The topological polar surface area (TPSA) is 60.9 Å². The average Bonchev–Trinajstić information content (AvgIpc) is 2.35. The molecule has 4 nitrogen and oxygen atoms in total.